The quantitative estimate of drug-likeness (QED) is 0.363. The molecule has 0 atom stereocenters. The molecule has 1 aliphatic carbocycles. The summed E-state index contributed by atoms with van der Waals surface area (Å²) in [6, 6.07) is 16.3. The predicted octanol–water partition coefficient (Wildman–Crippen LogP) is 5.97. The number of rotatable bonds is 5. The lowest BCUT2D eigenvalue weighted by Gasteiger charge is -2.22. The summed E-state index contributed by atoms with van der Waals surface area (Å²) in [5.41, 5.74) is 5.25. The van der Waals surface area contributed by atoms with E-state index in [1.807, 2.05) is 31.2 Å². The maximum Gasteiger partial charge on any atom is 0.272 e. The first-order valence-corrected chi connectivity index (χ1v) is 12.8. The molecule has 0 radical (unpaired) electrons. The third-order valence-electron chi connectivity index (χ3n) is 6.63. The normalized spacial score (nSPS) is 15.3. The molecule has 1 fully saturated rings. The van der Waals surface area contributed by atoms with E-state index < -0.39 is 0 Å². The molecule has 4 aromatic rings. The molecule has 6 rings (SSSR count). The number of fused-ring (bicyclic) bond motifs is 1. The van der Waals surface area contributed by atoms with Crippen molar-refractivity contribution in [3.05, 3.63) is 59.9 Å². The van der Waals surface area contributed by atoms with Crippen LogP contribution in [0.25, 0.3) is 32.3 Å². The van der Waals surface area contributed by atoms with E-state index in [-0.39, 0.29) is 18.7 Å². The van der Waals surface area contributed by atoms with Crippen LogP contribution in [0, 0.1) is 6.92 Å². The summed E-state index contributed by atoms with van der Waals surface area (Å²) in [6.07, 6.45) is 5.71. The average molecular weight is 487 g/mol. The number of benzene rings is 2. The zero-order valence-electron chi connectivity index (χ0n) is 19.5. The summed E-state index contributed by atoms with van der Waals surface area (Å²) in [5, 5.41) is 11.4. The van der Waals surface area contributed by atoms with Crippen LogP contribution in [-0.4, -0.2) is 33.9 Å². The van der Waals surface area contributed by atoms with Crippen LogP contribution in [0.4, 0.5) is 0 Å². The predicted molar refractivity (Wildman–Crippen MR) is 136 cm³/mol. The van der Waals surface area contributed by atoms with Gasteiger partial charge in [0.05, 0.1) is 16.3 Å². The summed E-state index contributed by atoms with van der Waals surface area (Å²) < 4.78 is 11.2. The number of H-pyrrole nitrogens is 1. The molecule has 7 nitrogen and oxygen atoms in total. The molecule has 178 valence electrons. The number of ether oxygens (including phenoxy) is 2. The third kappa shape index (κ3) is 4.30. The molecule has 2 N–H and O–H groups in total. The standard InChI is InChI=1S/C27H26N4O3S/c1-16-25(21-14-22(31-30-21)26(32)29-19-6-3-2-4-7-19)35-27(28-16)18-12-10-17(11-13-18)20-8-5-9-23-24(20)34-15-33-23/h5,8-14,19H,2-4,6-7,15H2,1H3,(H,29,32)(H,30,31). The zero-order valence-corrected chi connectivity index (χ0v) is 20.3. The summed E-state index contributed by atoms with van der Waals surface area (Å²) in [5.74, 6) is 1.45. The van der Waals surface area contributed by atoms with Gasteiger partial charge in [0.1, 0.15) is 5.01 Å². The molecule has 1 saturated carbocycles. The fraction of sp³-hybridized carbons (Fsp3) is 0.296. The Bertz CT molecular complexity index is 1370. The highest BCUT2D eigenvalue weighted by Crippen LogP contribution is 2.42. The minimum absolute atomic E-state index is 0.112. The van der Waals surface area contributed by atoms with Crippen molar-refractivity contribution in [2.24, 2.45) is 0 Å². The van der Waals surface area contributed by atoms with Gasteiger partial charge in [-0.1, -0.05) is 55.7 Å². The number of aromatic nitrogens is 3. The van der Waals surface area contributed by atoms with Gasteiger partial charge in [-0.15, -0.1) is 11.3 Å². The van der Waals surface area contributed by atoms with Crippen LogP contribution in [0.3, 0.4) is 0 Å². The van der Waals surface area contributed by atoms with Crippen LogP contribution in [0.5, 0.6) is 11.5 Å². The average Bonchev–Trinajstić information content (AvgIpc) is 3.64. The SMILES string of the molecule is Cc1nc(-c2ccc(-c3cccc4c3OCO4)cc2)sc1-c1cc(C(=O)NC2CCCCC2)n[nH]1. The van der Waals surface area contributed by atoms with Gasteiger partial charge < -0.3 is 14.8 Å². The third-order valence-corrected chi connectivity index (χ3v) is 7.87. The number of amides is 1. The van der Waals surface area contributed by atoms with Crippen molar-refractivity contribution in [2.45, 2.75) is 45.1 Å². The smallest absolute Gasteiger partial charge is 0.272 e. The van der Waals surface area contributed by atoms with Crippen molar-refractivity contribution in [3.8, 4) is 43.8 Å². The summed E-state index contributed by atoms with van der Waals surface area (Å²) in [7, 11) is 0. The van der Waals surface area contributed by atoms with Crippen molar-refractivity contribution in [1.29, 1.82) is 0 Å². The number of hydrogen-bond donors (Lipinski definition) is 2. The van der Waals surface area contributed by atoms with Gasteiger partial charge in [-0.2, -0.15) is 5.10 Å². The van der Waals surface area contributed by atoms with Gasteiger partial charge in [-0.3, -0.25) is 9.89 Å². The van der Waals surface area contributed by atoms with Crippen LogP contribution >= 0.6 is 11.3 Å². The van der Waals surface area contributed by atoms with Crippen molar-refractivity contribution in [3.63, 3.8) is 0 Å². The van der Waals surface area contributed by atoms with Gasteiger partial charge in [0, 0.05) is 17.2 Å². The van der Waals surface area contributed by atoms with E-state index in [9.17, 15) is 4.79 Å². The molecule has 1 amide bonds. The number of hydrogen-bond acceptors (Lipinski definition) is 6. The monoisotopic (exact) mass is 486 g/mol. The maximum atomic E-state index is 12.7. The highest BCUT2D eigenvalue weighted by atomic mass is 32.1. The number of para-hydroxylation sites is 1. The lowest BCUT2D eigenvalue weighted by Crippen LogP contribution is -2.36. The number of thiazole rings is 1. The van der Waals surface area contributed by atoms with E-state index in [2.05, 4.69) is 39.8 Å². The Balaban J connectivity index is 1.21. The topological polar surface area (TPSA) is 89.1 Å². The van der Waals surface area contributed by atoms with E-state index in [4.69, 9.17) is 14.5 Å². The number of nitrogens with zero attached hydrogens (tertiary/aromatic N) is 2. The fourth-order valence-electron chi connectivity index (χ4n) is 4.78. The van der Waals surface area contributed by atoms with Crippen LogP contribution in [-0.2, 0) is 0 Å². The molecular weight excluding hydrogens is 460 g/mol. The molecule has 0 unspecified atom stereocenters. The highest BCUT2D eigenvalue weighted by molar-refractivity contribution is 7.18. The van der Waals surface area contributed by atoms with Gasteiger partial charge in [0.2, 0.25) is 6.79 Å². The van der Waals surface area contributed by atoms with E-state index in [1.54, 1.807) is 11.3 Å². The van der Waals surface area contributed by atoms with Crippen molar-refractivity contribution < 1.29 is 14.3 Å². The molecule has 2 aliphatic rings. The lowest BCUT2D eigenvalue weighted by molar-refractivity contribution is 0.0922. The fourth-order valence-corrected chi connectivity index (χ4v) is 5.82. The van der Waals surface area contributed by atoms with Gasteiger partial charge >= 0.3 is 0 Å². The minimum Gasteiger partial charge on any atom is -0.454 e. The summed E-state index contributed by atoms with van der Waals surface area (Å²) >= 11 is 1.59. The first-order valence-electron chi connectivity index (χ1n) is 12.0. The Morgan fingerprint density at radius 3 is 2.69 bits per heavy atom. The molecule has 0 saturated heterocycles. The van der Waals surface area contributed by atoms with Crippen molar-refractivity contribution in [1.82, 2.24) is 20.5 Å². The molecule has 1 aliphatic heterocycles. The summed E-state index contributed by atoms with van der Waals surface area (Å²) in [6.45, 7) is 2.24. The van der Waals surface area contributed by atoms with E-state index >= 15 is 0 Å². The summed E-state index contributed by atoms with van der Waals surface area (Å²) in [4.78, 5) is 18.4. The number of nitrogens with one attached hydrogen (secondary N) is 2. The van der Waals surface area contributed by atoms with Crippen molar-refractivity contribution in [2.75, 3.05) is 6.79 Å². The Kier molecular flexibility index (Phi) is 5.74. The molecule has 0 spiro atoms. The Hall–Kier alpha value is -3.65. The van der Waals surface area contributed by atoms with Crippen LogP contribution in [0.2, 0.25) is 0 Å². The van der Waals surface area contributed by atoms with Crippen molar-refractivity contribution >= 4 is 17.2 Å². The van der Waals surface area contributed by atoms with E-state index in [0.717, 1.165) is 62.3 Å². The largest absolute Gasteiger partial charge is 0.454 e. The van der Waals surface area contributed by atoms with Gasteiger partial charge in [0.15, 0.2) is 17.2 Å². The Morgan fingerprint density at radius 1 is 1.06 bits per heavy atom. The number of carbonyl (C=O) groups is 1. The van der Waals surface area contributed by atoms with Gasteiger partial charge in [0.25, 0.3) is 5.91 Å². The molecule has 0 bridgehead atoms. The molecule has 2 aromatic carbocycles. The minimum atomic E-state index is -0.112. The highest BCUT2D eigenvalue weighted by Gasteiger charge is 2.21. The molecule has 8 heteroatoms. The van der Waals surface area contributed by atoms with E-state index in [0.29, 0.717) is 5.69 Å². The second kappa shape index (κ2) is 9.19. The molecule has 3 heterocycles. The molecule has 2 aromatic heterocycles. The van der Waals surface area contributed by atoms with Crippen LogP contribution in [0.15, 0.2) is 48.5 Å². The zero-order chi connectivity index (χ0) is 23.8. The van der Waals surface area contributed by atoms with Crippen LogP contribution < -0.4 is 14.8 Å². The molecular formula is C27H26N4O3S. The van der Waals surface area contributed by atoms with Crippen LogP contribution in [0.1, 0.15) is 48.3 Å². The first kappa shape index (κ1) is 21.9. The Morgan fingerprint density at radius 2 is 1.86 bits per heavy atom. The van der Waals surface area contributed by atoms with E-state index in [1.165, 1.54) is 19.3 Å². The number of carbonyl (C=O) groups excluding carboxylic acids is 1. The van der Waals surface area contributed by atoms with Gasteiger partial charge in [-0.25, -0.2) is 4.98 Å². The molecule has 35 heavy (non-hydrogen) atoms. The lowest BCUT2D eigenvalue weighted by atomic mass is 9.95. The number of aromatic amines is 1. The Labute approximate surface area is 207 Å². The van der Waals surface area contributed by atoms with Gasteiger partial charge in [-0.05, 0) is 37.5 Å². The maximum absolute atomic E-state index is 12.7. The second-order valence-corrected chi connectivity index (χ2v) is 10.0. The first-order chi connectivity index (χ1) is 17.2. The second-order valence-electron chi connectivity index (χ2n) is 9.03. The number of aryl methyl sites for hydroxylation is 1.